The quantitative estimate of drug-likeness (QED) is 0.775. The molecule has 2 amide bonds. The van der Waals surface area contributed by atoms with Gasteiger partial charge in [-0.25, -0.2) is 0 Å². The third-order valence-electron chi connectivity index (χ3n) is 4.02. The Morgan fingerprint density at radius 3 is 2.65 bits per heavy atom. The topological polar surface area (TPSA) is 40.6 Å². The molecule has 0 bridgehead atoms. The zero-order valence-electron chi connectivity index (χ0n) is 13.9. The van der Waals surface area contributed by atoms with Crippen LogP contribution in [0.15, 0.2) is 35.9 Å². The van der Waals surface area contributed by atoms with E-state index >= 15 is 0 Å². The summed E-state index contributed by atoms with van der Waals surface area (Å²) in [6.07, 6.45) is 2.86. The van der Waals surface area contributed by atoms with Gasteiger partial charge in [0.15, 0.2) is 0 Å². The Morgan fingerprint density at radius 2 is 2.00 bits per heavy atom. The van der Waals surface area contributed by atoms with E-state index in [9.17, 15) is 9.59 Å². The highest BCUT2D eigenvalue weighted by molar-refractivity contribution is 6.31. The molecule has 0 N–H and O–H groups in total. The third kappa shape index (κ3) is 4.35. The van der Waals surface area contributed by atoms with Crippen molar-refractivity contribution in [1.82, 2.24) is 9.80 Å². The molecule has 124 valence electrons. The number of allylic oxidation sites excluding steroid dienone is 1. The highest BCUT2D eigenvalue weighted by Crippen LogP contribution is 2.20. The SMILES string of the molecule is CC(C)=CCCN1C(=O)CN(Cc2ccccc2Cl)C(=O)[C@@H]1C. The molecule has 4 nitrogen and oxygen atoms in total. The molecule has 0 spiro atoms. The van der Waals surface area contributed by atoms with Crippen LogP contribution in [0.4, 0.5) is 0 Å². The number of amides is 2. The van der Waals surface area contributed by atoms with Crippen LogP contribution in [-0.4, -0.2) is 40.7 Å². The van der Waals surface area contributed by atoms with E-state index in [2.05, 4.69) is 6.08 Å². The van der Waals surface area contributed by atoms with Crippen molar-refractivity contribution in [3.8, 4) is 0 Å². The zero-order valence-corrected chi connectivity index (χ0v) is 14.6. The monoisotopic (exact) mass is 334 g/mol. The molecule has 0 saturated carbocycles. The molecule has 1 aliphatic heterocycles. The molecule has 0 unspecified atom stereocenters. The number of nitrogens with zero attached hydrogens (tertiary/aromatic N) is 2. The van der Waals surface area contributed by atoms with Crippen molar-refractivity contribution in [3.05, 3.63) is 46.5 Å². The average Bonchev–Trinajstić information content (AvgIpc) is 2.50. The number of piperazine rings is 1. The lowest BCUT2D eigenvalue weighted by Crippen LogP contribution is -2.58. The van der Waals surface area contributed by atoms with Gasteiger partial charge in [-0.15, -0.1) is 0 Å². The maximum atomic E-state index is 12.6. The lowest BCUT2D eigenvalue weighted by Gasteiger charge is -2.38. The zero-order chi connectivity index (χ0) is 17.0. The highest BCUT2D eigenvalue weighted by atomic mass is 35.5. The Kier molecular flexibility index (Phi) is 5.83. The molecule has 1 saturated heterocycles. The van der Waals surface area contributed by atoms with Gasteiger partial charge in [-0.2, -0.15) is 0 Å². The van der Waals surface area contributed by atoms with Crippen LogP contribution in [-0.2, 0) is 16.1 Å². The van der Waals surface area contributed by atoms with Gasteiger partial charge in [0.05, 0.1) is 0 Å². The van der Waals surface area contributed by atoms with Gasteiger partial charge in [0, 0.05) is 18.1 Å². The van der Waals surface area contributed by atoms with E-state index in [1.54, 1.807) is 22.8 Å². The van der Waals surface area contributed by atoms with Gasteiger partial charge in [-0.05, 0) is 38.8 Å². The minimum Gasteiger partial charge on any atom is -0.329 e. The molecule has 1 heterocycles. The number of carbonyl (C=O) groups is 2. The summed E-state index contributed by atoms with van der Waals surface area (Å²) >= 11 is 6.15. The predicted octanol–water partition coefficient (Wildman–Crippen LogP) is 3.26. The summed E-state index contributed by atoms with van der Waals surface area (Å²) in [6.45, 7) is 6.91. The van der Waals surface area contributed by atoms with E-state index in [1.807, 2.05) is 32.0 Å². The fourth-order valence-electron chi connectivity index (χ4n) is 2.72. The molecule has 0 radical (unpaired) electrons. The van der Waals surface area contributed by atoms with E-state index in [-0.39, 0.29) is 18.4 Å². The van der Waals surface area contributed by atoms with Gasteiger partial charge < -0.3 is 9.80 Å². The number of carbonyl (C=O) groups excluding carboxylic acids is 2. The maximum absolute atomic E-state index is 12.6. The van der Waals surface area contributed by atoms with Crippen LogP contribution in [0, 0.1) is 0 Å². The molecule has 1 atom stereocenters. The fraction of sp³-hybridized carbons (Fsp3) is 0.444. The molecule has 1 aromatic rings. The van der Waals surface area contributed by atoms with E-state index < -0.39 is 6.04 Å². The number of hydrogen-bond acceptors (Lipinski definition) is 2. The molecular formula is C18H23ClN2O2. The first-order valence-electron chi connectivity index (χ1n) is 7.85. The molecule has 2 rings (SSSR count). The van der Waals surface area contributed by atoms with Crippen molar-refractivity contribution < 1.29 is 9.59 Å². The average molecular weight is 335 g/mol. The van der Waals surface area contributed by atoms with Crippen molar-refractivity contribution in [2.45, 2.75) is 39.8 Å². The lowest BCUT2D eigenvalue weighted by atomic mass is 10.1. The fourth-order valence-corrected chi connectivity index (χ4v) is 2.92. The summed E-state index contributed by atoms with van der Waals surface area (Å²) in [7, 11) is 0. The first-order valence-corrected chi connectivity index (χ1v) is 8.23. The van der Waals surface area contributed by atoms with Crippen molar-refractivity contribution in [2.24, 2.45) is 0 Å². The lowest BCUT2D eigenvalue weighted by molar-refractivity contribution is -0.155. The Bertz CT molecular complexity index is 623. The molecule has 5 heteroatoms. The summed E-state index contributed by atoms with van der Waals surface area (Å²) in [4.78, 5) is 28.2. The van der Waals surface area contributed by atoms with Crippen molar-refractivity contribution in [2.75, 3.05) is 13.1 Å². The number of benzene rings is 1. The Morgan fingerprint density at radius 1 is 1.30 bits per heavy atom. The van der Waals surface area contributed by atoms with Crippen LogP contribution in [0.25, 0.3) is 0 Å². The first kappa shape index (κ1) is 17.5. The largest absolute Gasteiger partial charge is 0.329 e. The standard InChI is InChI=1S/C18H23ClN2O2/c1-13(2)7-6-10-21-14(3)18(23)20(12-17(21)22)11-15-8-4-5-9-16(15)19/h4-5,7-9,14H,6,10-12H2,1-3H3/t14-/m0/s1. The van der Waals surface area contributed by atoms with Gasteiger partial charge in [0.25, 0.3) is 0 Å². The summed E-state index contributed by atoms with van der Waals surface area (Å²) in [5.74, 6) is -0.0342. The second kappa shape index (κ2) is 7.64. The molecule has 0 aliphatic carbocycles. The molecule has 23 heavy (non-hydrogen) atoms. The van der Waals surface area contributed by atoms with Gasteiger partial charge in [-0.1, -0.05) is 41.4 Å². The number of halogens is 1. The van der Waals surface area contributed by atoms with Crippen molar-refractivity contribution in [3.63, 3.8) is 0 Å². The molecule has 1 aromatic carbocycles. The van der Waals surface area contributed by atoms with E-state index in [1.165, 1.54) is 5.57 Å². The number of hydrogen-bond donors (Lipinski definition) is 0. The van der Waals surface area contributed by atoms with Crippen molar-refractivity contribution >= 4 is 23.4 Å². The highest BCUT2D eigenvalue weighted by Gasteiger charge is 2.36. The van der Waals surface area contributed by atoms with E-state index in [0.717, 1.165) is 12.0 Å². The van der Waals surface area contributed by atoms with Gasteiger partial charge in [0.2, 0.25) is 11.8 Å². The summed E-state index contributed by atoms with van der Waals surface area (Å²) in [5.41, 5.74) is 2.08. The van der Waals surface area contributed by atoms with Crippen LogP contribution in [0.3, 0.4) is 0 Å². The Labute approximate surface area is 142 Å². The van der Waals surface area contributed by atoms with Crippen LogP contribution in [0.1, 0.15) is 32.8 Å². The van der Waals surface area contributed by atoms with E-state index in [4.69, 9.17) is 11.6 Å². The summed E-state index contributed by atoms with van der Waals surface area (Å²) in [5, 5.41) is 0.617. The summed E-state index contributed by atoms with van der Waals surface area (Å²) in [6, 6.07) is 6.98. The second-order valence-electron chi connectivity index (χ2n) is 6.12. The molecule has 1 fully saturated rings. The molecular weight excluding hydrogens is 312 g/mol. The third-order valence-corrected chi connectivity index (χ3v) is 4.39. The Hall–Kier alpha value is -1.81. The normalized spacial score (nSPS) is 18.3. The van der Waals surface area contributed by atoms with E-state index in [0.29, 0.717) is 18.1 Å². The smallest absolute Gasteiger partial charge is 0.245 e. The van der Waals surface area contributed by atoms with Gasteiger partial charge in [0.1, 0.15) is 12.6 Å². The van der Waals surface area contributed by atoms with Crippen LogP contribution in [0.5, 0.6) is 0 Å². The van der Waals surface area contributed by atoms with Crippen LogP contribution < -0.4 is 0 Å². The van der Waals surface area contributed by atoms with Gasteiger partial charge in [-0.3, -0.25) is 9.59 Å². The summed E-state index contributed by atoms with van der Waals surface area (Å²) < 4.78 is 0. The second-order valence-corrected chi connectivity index (χ2v) is 6.53. The number of rotatable bonds is 5. The van der Waals surface area contributed by atoms with Crippen LogP contribution in [0.2, 0.25) is 5.02 Å². The predicted molar refractivity (Wildman–Crippen MR) is 92.1 cm³/mol. The van der Waals surface area contributed by atoms with Gasteiger partial charge >= 0.3 is 0 Å². The minimum absolute atomic E-state index is 0.00805. The molecule has 0 aromatic heterocycles. The Balaban J connectivity index is 2.05. The van der Waals surface area contributed by atoms with Crippen LogP contribution >= 0.6 is 11.6 Å². The van der Waals surface area contributed by atoms with Crippen molar-refractivity contribution in [1.29, 1.82) is 0 Å². The minimum atomic E-state index is -0.427. The maximum Gasteiger partial charge on any atom is 0.245 e. The first-order chi connectivity index (χ1) is 10.9. The molecule has 1 aliphatic rings.